The van der Waals surface area contributed by atoms with Gasteiger partial charge in [0.1, 0.15) is 6.54 Å². The van der Waals surface area contributed by atoms with Crippen molar-refractivity contribution < 1.29 is 23.8 Å². The van der Waals surface area contributed by atoms with Gasteiger partial charge >= 0.3 is 5.97 Å². The molecule has 1 aromatic rings. The number of fused-ring (bicyclic) bond motifs is 1. The van der Waals surface area contributed by atoms with Crippen molar-refractivity contribution in [2.24, 2.45) is 4.99 Å². The van der Waals surface area contributed by atoms with Crippen LogP contribution in [0.4, 0.5) is 5.69 Å². The van der Waals surface area contributed by atoms with Crippen molar-refractivity contribution in [2.75, 3.05) is 38.7 Å². The molecule has 0 spiro atoms. The lowest BCUT2D eigenvalue weighted by atomic mass is 10.1. The van der Waals surface area contributed by atoms with Crippen molar-refractivity contribution in [3.63, 3.8) is 0 Å². The number of aliphatic imine (C=N–C) groups is 1. The van der Waals surface area contributed by atoms with Crippen molar-refractivity contribution in [1.82, 2.24) is 10.6 Å². The molecule has 32 heavy (non-hydrogen) atoms. The van der Waals surface area contributed by atoms with E-state index in [0.717, 1.165) is 18.5 Å². The molecule has 10 heteroatoms. The van der Waals surface area contributed by atoms with Crippen LogP contribution in [0.15, 0.2) is 23.2 Å². The monoisotopic (exact) mass is 562 g/mol. The molecular formula is C22H35IN4O5. The molecule has 1 amide bonds. The third-order valence-electron chi connectivity index (χ3n) is 4.23. The van der Waals surface area contributed by atoms with E-state index in [1.807, 2.05) is 39.0 Å². The maximum Gasteiger partial charge on any atom is 0.305 e. The Hall–Kier alpha value is -2.24. The number of benzene rings is 1. The highest BCUT2D eigenvalue weighted by atomic mass is 127. The van der Waals surface area contributed by atoms with Crippen LogP contribution in [0.2, 0.25) is 0 Å². The standard InChI is InChI=1S/C22H34N4O5.HI/c1-22(2,3)26-19(27)15-24-21(23-11-6-5-8-20(28)29-4)25-16-9-10-17-18(14-16)31-13-7-12-30-17;/h9-10,14H,5-8,11-13,15H2,1-4H3,(H,26,27)(H2,23,24,25);1H. The molecule has 3 N–H and O–H groups in total. The van der Waals surface area contributed by atoms with E-state index in [1.165, 1.54) is 7.11 Å². The molecule has 0 saturated heterocycles. The van der Waals surface area contributed by atoms with E-state index < -0.39 is 0 Å². The minimum Gasteiger partial charge on any atom is -0.490 e. The zero-order valence-corrected chi connectivity index (χ0v) is 21.6. The smallest absolute Gasteiger partial charge is 0.305 e. The van der Waals surface area contributed by atoms with Crippen molar-refractivity contribution >= 4 is 47.5 Å². The molecule has 0 radical (unpaired) electrons. The lowest BCUT2D eigenvalue weighted by Crippen LogP contribution is -2.42. The number of hydrogen-bond acceptors (Lipinski definition) is 6. The van der Waals surface area contributed by atoms with Gasteiger partial charge in [-0.25, -0.2) is 4.99 Å². The summed E-state index contributed by atoms with van der Waals surface area (Å²) in [5.74, 6) is 1.46. The zero-order chi connectivity index (χ0) is 22.7. The van der Waals surface area contributed by atoms with Crippen LogP contribution in [0.3, 0.4) is 0 Å². The molecule has 1 aliphatic heterocycles. The first-order chi connectivity index (χ1) is 14.8. The third-order valence-corrected chi connectivity index (χ3v) is 4.23. The van der Waals surface area contributed by atoms with E-state index in [4.69, 9.17) is 9.47 Å². The lowest BCUT2D eigenvalue weighted by molar-refractivity contribution is -0.140. The Kier molecular flexibility index (Phi) is 12.2. The van der Waals surface area contributed by atoms with E-state index in [2.05, 4.69) is 25.7 Å². The first kappa shape index (κ1) is 27.8. The number of carbonyl (C=O) groups excluding carboxylic acids is 2. The van der Waals surface area contributed by atoms with Crippen LogP contribution in [-0.4, -0.2) is 56.8 Å². The number of anilines is 1. The van der Waals surface area contributed by atoms with E-state index in [-0.39, 0.29) is 47.9 Å². The summed E-state index contributed by atoms with van der Waals surface area (Å²) in [6.07, 6.45) is 2.65. The summed E-state index contributed by atoms with van der Waals surface area (Å²) in [5, 5.41) is 9.31. The number of nitrogens with zero attached hydrogens (tertiary/aromatic N) is 1. The Morgan fingerprint density at radius 3 is 2.53 bits per heavy atom. The fourth-order valence-corrected chi connectivity index (χ4v) is 2.83. The fraction of sp³-hybridized carbons (Fsp3) is 0.591. The summed E-state index contributed by atoms with van der Waals surface area (Å²) in [7, 11) is 1.38. The predicted molar refractivity (Wildman–Crippen MR) is 135 cm³/mol. The van der Waals surface area contributed by atoms with Gasteiger partial charge in [0.05, 0.1) is 20.3 Å². The van der Waals surface area contributed by atoms with Gasteiger partial charge in [-0.3, -0.25) is 9.59 Å². The molecule has 0 bridgehead atoms. The quantitative estimate of drug-likeness (QED) is 0.147. The number of esters is 1. The van der Waals surface area contributed by atoms with Gasteiger partial charge in [-0.15, -0.1) is 24.0 Å². The van der Waals surface area contributed by atoms with Crippen molar-refractivity contribution in [3.8, 4) is 11.5 Å². The number of carbonyl (C=O) groups is 2. The maximum atomic E-state index is 12.2. The van der Waals surface area contributed by atoms with Crippen LogP contribution in [0, 0.1) is 0 Å². The van der Waals surface area contributed by atoms with Gasteiger partial charge in [0.2, 0.25) is 5.91 Å². The van der Waals surface area contributed by atoms with Crippen LogP contribution in [0.25, 0.3) is 0 Å². The number of hydrogen-bond donors (Lipinski definition) is 3. The minimum atomic E-state index is -0.324. The number of unbranched alkanes of at least 4 members (excludes halogenated alkanes) is 1. The van der Waals surface area contributed by atoms with E-state index in [1.54, 1.807) is 0 Å². The highest BCUT2D eigenvalue weighted by Crippen LogP contribution is 2.32. The fourth-order valence-electron chi connectivity index (χ4n) is 2.83. The SMILES string of the molecule is COC(=O)CCCCNC(=NCC(=O)NC(C)(C)C)Nc1ccc2c(c1)OCCCO2.I. The summed E-state index contributed by atoms with van der Waals surface area (Å²) in [5.41, 5.74) is 0.442. The molecule has 2 rings (SSSR count). The molecule has 1 heterocycles. The molecule has 1 aromatic carbocycles. The van der Waals surface area contributed by atoms with Gasteiger partial charge in [-0.2, -0.15) is 0 Å². The van der Waals surface area contributed by atoms with Gasteiger partial charge < -0.3 is 30.2 Å². The van der Waals surface area contributed by atoms with Gasteiger partial charge in [0.25, 0.3) is 0 Å². The van der Waals surface area contributed by atoms with Gasteiger partial charge in [-0.05, 0) is 45.7 Å². The molecule has 0 fully saturated rings. The van der Waals surface area contributed by atoms with E-state index in [9.17, 15) is 9.59 Å². The van der Waals surface area contributed by atoms with Crippen molar-refractivity contribution in [2.45, 2.75) is 52.0 Å². The third kappa shape index (κ3) is 10.9. The molecule has 0 aromatic heterocycles. The van der Waals surface area contributed by atoms with Crippen LogP contribution in [0.1, 0.15) is 46.5 Å². The van der Waals surface area contributed by atoms with Gasteiger partial charge in [-0.1, -0.05) is 0 Å². The highest BCUT2D eigenvalue weighted by Gasteiger charge is 2.14. The lowest BCUT2D eigenvalue weighted by Gasteiger charge is -2.20. The average molecular weight is 562 g/mol. The maximum absolute atomic E-state index is 12.2. The Labute approximate surface area is 207 Å². The average Bonchev–Trinajstić information content (AvgIpc) is 2.95. The molecule has 9 nitrogen and oxygen atoms in total. The molecule has 0 atom stereocenters. The molecule has 1 aliphatic rings. The number of methoxy groups -OCH3 is 1. The molecule has 0 aliphatic carbocycles. The molecule has 0 saturated carbocycles. The van der Waals surface area contributed by atoms with Crippen LogP contribution in [-0.2, 0) is 14.3 Å². The Balaban J connectivity index is 0.00000512. The first-order valence-corrected chi connectivity index (χ1v) is 10.6. The van der Waals surface area contributed by atoms with Gasteiger partial charge in [0, 0.05) is 36.7 Å². The topological polar surface area (TPSA) is 110 Å². The summed E-state index contributed by atoms with van der Waals surface area (Å²) in [6.45, 7) is 7.57. The van der Waals surface area contributed by atoms with Crippen molar-refractivity contribution in [1.29, 1.82) is 0 Å². The van der Waals surface area contributed by atoms with Gasteiger partial charge in [0.15, 0.2) is 17.5 Å². The highest BCUT2D eigenvalue weighted by molar-refractivity contribution is 14.0. The van der Waals surface area contributed by atoms with Crippen LogP contribution < -0.4 is 25.4 Å². The first-order valence-electron chi connectivity index (χ1n) is 10.6. The summed E-state index contributed by atoms with van der Waals surface area (Å²) in [4.78, 5) is 27.8. The number of halogens is 1. The van der Waals surface area contributed by atoms with Crippen LogP contribution in [0.5, 0.6) is 11.5 Å². The molecule has 180 valence electrons. The second kappa shape index (κ2) is 14.0. The Morgan fingerprint density at radius 2 is 1.84 bits per heavy atom. The Bertz CT molecular complexity index is 780. The van der Waals surface area contributed by atoms with E-state index in [0.29, 0.717) is 50.1 Å². The second-order valence-corrected chi connectivity index (χ2v) is 8.26. The zero-order valence-electron chi connectivity index (χ0n) is 19.3. The van der Waals surface area contributed by atoms with Crippen molar-refractivity contribution in [3.05, 3.63) is 18.2 Å². The summed E-state index contributed by atoms with van der Waals surface area (Å²) < 4.78 is 16.1. The van der Waals surface area contributed by atoms with Crippen LogP contribution >= 0.6 is 24.0 Å². The van der Waals surface area contributed by atoms with E-state index >= 15 is 0 Å². The number of amides is 1. The Morgan fingerprint density at radius 1 is 1.12 bits per heavy atom. The predicted octanol–water partition coefficient (Wildman–Crippen LogP) is 3.08. The second-order valence-electron chi connectivity index (χ2n) is 8.26. The molecule has 0 unspecified atom stereocenters. The largest absolute Gasteiger partial charge is 0.490 e. The molecular weight excluding hydrogens is 527 g/mol. The summed E-state index contributed by atoms with van der Waals surface area (Å²) >= 11 is 0. The number of guanidine groups is 1. The minimum absolute atomic E-state index is 0. The normalized spacial score (nSPS) is 13.3. The number of ether oxygens (including phenoxy) is 3. The number of nitrogens with one attached hydrogen (secondary N) is 3. The summed E-state index contributed by atoms with van der Waals surface area (Å²) in [6, 6.07) is 5.57. The number of rotatable bonds is 8.